The Balaban J connectivity index is 1.60. The van der Waals surface area contributed by atoms with Crippen LogP contribution in [0.2, 0.25) is 0 Å². The molecule has 0 saturated carbocycles. The van der Waals surface area contributed by atoms with Crippen LogP contribution in [0.5, 0.6) is 0 Å². The third-order valence-corrected chi connectivity index (χ3v) is 7.32. The van der Waals surface area contributed by atoms with E-state index in [0.717, 1.165) is 47.4 Å². The summed E-state index contributed by atoms with van der Waals surface area (Å²) in [5.41, 5.74) is 3.08. The average molecular weight is 438 g/mol. The normalized spacial score (nSPS) is 16.2. The topological polar surface area (TPSA) is 64.1 Å². The highest BCUT2D eigenvalue weighted by Gasteiger charge is 2.31. The van der Waals surface area contributed by atoms with E-state index < -0.39 is 0 Å². The van der Waals surface area contributed by atoms with Gasteiger partial charge in [-0.15, -0.1) is 11.3 Å². The maximum Gasteiger partial charge on any atom is 0.338 e. The number of ether oxygens (including phenoxy) is 1. The Morgan fingerprint density at radius 2 is 2.13 bits per heavy atom. The van der Waals surface area contributed by atoms with Crippen LogP contribution in [0.4, 0.5) is 11.5 Å². The smallest absolute Gasteiger partial charge is 0.338 e. The number of aromatic nitrogens is 2. The van der Waals surface area contributed by atoms with E-state index in [1.807, 2.05) is 18.2 Å². The third-order valence-electron chi connectivity index (χ3n) is 6.16. The summed E-state index contributed by atoms with van der Waals surface area (Å²) in [6.07, 6.45) is 6.86. The summed E-state index contributed by atoms with van der Waals surface area (Å²) < 4.78 is 5.35. The number of nitrogens with zero attached hydrogens (tertiary/aromatic N) is 2. The maximum atomic E-state index is 12.3. The van der Waals surface area contributed by atoms with E-state index in [1.54, 1.807) is 23.7 Å². The Bertz CT molecular complexity index is 1080. The number of esters is 1. The van der Waals surface area contributed by atoms with Crippen LogP contribution in [0.3, 0.4) is 0 Å². The number of nitrogens with one attached hydrogen (secondary N) is 1. The van der Waals surface area contributed by atoms with Crippen molar-refractivity contribution in [3.63, 3.8) is 0 Å². The van der Waals surface area contributed by atoms with Gasteiger partial charge in [-0.3, -0.25) is 0 Å². The van der Waals surface area contributed by atoms with Crippen molar-refractivity contribution in [2.75, 3.05) is 11.9 Å². The predicted octanol–water partition coefficient (Wildman–Crippen LogP) is 6.54. The highest BCUT2D eigenvalue weighted by molar-refractivity contribution is 7.19. The molecule has 5 nitrogen and oxygen atoms in total. The first-order valence-electron chi connectivity index (χ1n) is 11.2. The largest absolute Gasteiger partial charge is 0.462 e. The van der Waals surface area contributed by atoms with Gasteiger partial charge in [0.15, 0.2) is 0 Å². The van der Waals surface area contributed by atoms with Crippen LogP contribution >= 0.6 is 11.3 Å². The number of thiophene rings is 1. The Morgan fingerprint density at radius 3 is 2.90 bits per heavy atom. The number of carbonyl (C=O) groups is 1. The molecule has 2 heterocycles. The van der Waals surface area contributed by atoms with E-state index >= 15 is 0 Å². The summed E-state index contributed by atoms with van der Waals surface area (Å²) in [6, 6.07) is 7.43. The molecule has 4 rings (SSSR count). The van der Waals surface area contributed by atoms with E-state index in [4.69, 9.17) is 4.74 Å². The van der Waals surface area contributed by atoms with Crippen molar-refractivity contribution in [3.05, 3.63) is 46.6 Å². The van der Waals surface area contributed by atoms with Crippen molar-refractivity contribution >= 4 is 39.0 Å². The van der Waals surface area contributed by atoms with Crippen LogP contribution in [0.25, 0.3) is 10.2 Å². The average Bonchev–Trinajstić information content (AvgIpc) is 3.12. The number of anilines is 2. The van der Waals surface area contributed by atoms with Gasteiger partial charge in [0.25, 0.3) is 0 Å². The predicted molar refractivity (Wildman–Crippen MR) is 127 cm³/mol. The molecule has 0 bridgehead atoms. The number of carbonyl (C=O) groups excluding carboxylic acids is 1. The lowest BCUT2D eigenvalue weighted by molar-refractivity contribution is 0.0500. The molecule has 1 N–H and O–H groups in total. The van der Waals surface area contributed by atoms with E-state index in [2.05, 4.69) is 43.0 Å². The molecule has 1 unspecified atom stereocenters. The lowest BCUT2D eigenvalue weighted by Gasteiger charge is -2.33. The zero-order valence-electron chi connectivity index (χ0n) is 18.8. The molecule has 0 fully saturated rings. The third kappa shape index (κ3) is 4.74. The van der Waals surface area contributed by atoms with E-state index in [-0.39, 0.29) is 5.97 Å². The second kappa shape index (κ2) is 8.95. The van der Waals surface area contributed by atoms with Crippen molar-refractivity contribution < 1.29 is 9.53 Å². The fraction of sp³-hybridized carbons (Fsp3) is 0.480. The minimum absolute atomic E-state index is 0.286. The molecular weight excluding hydrogens is 406 g/mol. The second-order valence-electron chi connectivity index (χ2n) is 9.41. The zero-order valence-corrected chi connectivity index (χ0v) is 19.6. The quantitative estimate of drug-likeness (QED) is 0.350. The molecule has 0 aliphatic heterocycles. The number of rotatable bonds is 6. The highest BCUT2D eigenvalue weighted by atomic mass is 32.1. The van der Waals surface area contributed by atoms with Gasteiger partial charge in [-0.1, -0.05) is 40.2 Å². The molecule has 0 radical (unpaired) electrons. The molecule has 3 aromatic rings. The van der Waals surface area contributed by atoms with Gasteiger partial charge in [0.2, 0.25) is 0 Å². The Kier molecular flexibility index (Phi) is 6.28. The van der Waals surface area contributed by atoms with Crippen LogP contribution in [-0.2, 0) is 17.6 Å². The molecular formula is C25H31N3O2S. The summed E-state index contributed by atoms with van der Waals surface area (Å²) in [7, 11) is 0. The number of fused-ring (bicyclic) bond motifs is 3. The second-order valence-corrected chi connectivity index (χ2v) is 10.5. The molecule has 1 aromatic carbocycles. The van der Waals surface area contributed by atoms with Crippen molar-refractivity contribution in [2.45, 2.75) is 59.8 Å². The molecule has 1 aliphatic rings. The van der Waals surface area contributed by atoms with Gasteiger partial charge in [0.05, 0.1) is 17.6 Å². The van der Waals surface area contributed by atoms with Gasteiger partial charge in [-0.05, 0) is 60.8 Å². The fourth-order valence-electron chi connectivity index (χ4n) is 4.20. The first-order valence-corrected chi connectivity index (χ1v) is 12.0. The van der Waals surface area contributed by atoms with Crippen molar-refractivity contribution in [1.82, 2.24) is 9.97 Å². The van der Waals surface area contributed by atoms with Gasteiger partial charge >= 0.3 is 5.97 Å². The number of hydrogen-bond donors (Lipinski definition) is 1. The van der Waals surface area contributed by atoms with Crippen LogP contribution in [-0.4, -0.2) is 22.5 Å². The number of benzene rings is 1. The SMILES string of the molecule is CCCCOC(=O)c1cccc(Nc2ncnc3sc4c(c23)CCC(C(C)(C)C)C4)c1. The van der Waals surface area contributed by atoms with Crippen molar-refractivity contribution in [3.8, 4) is 0 Å². The standard InChI is InChI=1S/C25H31N3O2S/c1-5-6-12-30-24(29)16-8-7-9-18(13-16)28-22-21-19-11-10-17(25(2,3)4)14-20(19)31-23(21)27-15-26-22/h7-9,13,15,17H,5-6,10-12,14H2,1-4H3,(H,26,27,28). The molecule has 164 valence electrons. The van der Waals surface area contributed by atoms with Gasteiger partial charge in [-0.25, -0.2) is 14.8 Å². The zero-order chi connectivity index (χ0) is 22.0. The number of aryl methyl sites for hydroxylation is 1. The summed E-state index contributed by atoms with van der Waals surface area (Å²) in [5.74, 6) is 1.21. The number of hydrogen-bond acceptors (Lipinski definition) is 6. The summed E-state index contributed by atoms with van der Waals surface area (Å²) in [4.78, 5) is 23.9. The summed E-state index contributed by atoms with van der Waals surface area (Å²) in [5, 5.41) is 4.57. The van der Waals surface area contributed by atoms with E-state index in [1.165, 1.54) is 16.9 Å². The molecule has 1 atom stereocenters. The molecule has 0 saturated heterocycles. The van der Waals surface area contributed by atoms with Gasteiger partial charge < -0.3 is 10.1 Å². The van der Waals surface area contributed by atoms with Gasteiger partial charge in [0, 0.05) is 10.6 Å². The van der Waals surface area contributed by atoms with Crippen molar-refractivity contribution in [1.29, 1.82) is 0 Å². The molecule has 2 aromatic heterocycles. The molecule has 6 heteroatoms. The fourth-order valence-corrected chi connectivity index (χ4v) is 5.46. The van der Waals surface area contributed by atoms with Crippen LogP contribution in [0.1, 0.15) is 67.8 Å². The van der Waals surface area contributed by atoms with Gasteiger partial charge in [-0.2, -0.15) is 0 Å². The Morgan fingerprint density at radius 1 is 1.29 bits per heavy atom. The highest BCUT2D eigenvalue weighted by Crippen LogP contribution is 2.44. The minimum atomic E-state index is -0.286. The van der Waals surface area contributed by atoms with Crippen LogP contribution < -0.4 is 5.32 Å². The minimum Gasteiger partial charge on any atom is -0.462 e. The van der Waals surface area contributed by atoms with Crippen LogP contribution in [0, 0.1) is 11.3 Å². The Hall–Kier alpha value is -2.47. The first-order chi connectivity index (χ1) is 14.9. The molecule has 31 heavy (non-hydrogen) atoms. The lowest BCUT2D eigenvalue weighted by atomic mass is 9.72. The van der Waals surface area contributed by atoms with E-state index in [0.29, 0.717) is 23.5 Å². The summed E-state index contributed by atoms with van der Waals surface area (Å²) >= 11 is 1.80. The molecule has 0 amide bonds. The first kappa shape index (κ1) is 21.8. The summed E-state index contributed by atoms with van der Waals surface area (Å²) in [6.45, 7) is 9.54. The monoisotopic (exact) mass is 437 g/mol. The van der Waals surface area contributed by atoms with Crippen molar-refractivity contribution in [2.24, 2.45) is 11.3 Å². The maximum absolute atomic E-state index is 12.3. The van der Waals surface area contributed by atoms with Gasteiger partial charge in [0.1, 0.15) is 17.0 Å². The Labute approximate surface area is 188 Å². The lowest BCUT2D eigenvalue weighted by Crippen LogP contribution is -2.26. The van der Waals surface area contributed by atoms with Crippen LogP contribution in [0.15, 0.2) is 30.6 Å². The molecule has 1 aliphatic carbocycles. The number of unbranched alkanes of at least 4 members (excludes halogenated alkanes) is 1. The molecule has 0 spiro atoms. The van der Waals surface area contributed by atoms with E-state index in [9.17, 15) is 4.79 Å².